The molecule has 0 unspecified atom stereocenters. The van der Waals surface area contributed by atoms with Crippen molar-refractivity contribution in [2.24, 2.45) is 0 Å². The summed E-state index contributed by atoms with van der Waals surface area (Å²) in [7, 11) is 0. The predicted octanol–water partition coefficient (Wildman–Crippen LogP) is 3.51. The molecule has 2 aromatic rings. The van der Waals surface area contributed by atoms with E-state index in [1.807, 2.05) is 22.9 Å². The number of carbonyl (C=O) groups excluding carboxylic acids is 1. The van der Waals surface area contributed by atoms with Crippen LogP contribution < -0.4 is 5.32 Å². The lowest BCUT2D eigenvalue weighted by molar-refractivity contribution is 0.101. The average molecular weight is 276 g/mol. The topological polar surface area (TPSA) is 46.9 Å². The van der Waals surface area contributed by atoms with E-state index < -0.39 is 0 Å². The standard InChI is InChI=1S/C14H14ClN3O/c15-12-7-2-8-13(16-12)17-14(19)11-6-3-9-18(11)10-4-1-5-10/h2-3,6-10H,1,4-5H2,(H,16,17,19). The van der Waals surface area contributed by atoms with Crippen molar-refractivity contribution in [2.75, 3.05) is 5.32 Å². The molecule has 2 aromatic heterocycles. The molecule has 0 bridgehead atoms. The Balaban J connectivity index is 1.79. The van der Waals surface area contributed by atoms with Crippen molar-refractivity contribution < 1.29 is 4.79 Å². The van der Waals surface area contributed by atoms with Crippen molar-refractivity contribution in [3.8, 4) is 0 Å². The van der Waals surface area contributed by atoms with Gasteiger partial charge in [0.05, 0.1) is 0 Å². The number of pyridine rings is 1. The molecule has 3 rings (SSSR count). The first-order valence-corrected chi connectivity index (χ1v) is 6.72. The molecule has 0 radical (unpaired) electrons. The van der Waals surface area contributed by atoms with E-state index >= 15 is 0 Å². The lowest BCUT2D eigenvalue weighted by Crippen LogP contribution is -2.23. The van der Waals surface area contributed by atoms with Gasteiger partial charge >= 0.3 is 0 Å². The van der Waals surface area contributed by atoms with Crippen molar-refractivity contribution in [3.63, 3.8) is 0 Å². The third-order valence-corrected chi connectivity index (χ3v) is 3.65. The molecule has 5 heteroatoms. The van der Waals surface area contributed by atoms with E-state index in [4.69, 9.17) is 11.6 Å². The molecule has 98 valence electrons. The summed E-state index contributed by atoms with van der Waals surface area (Å²) in [6.07, 6.45) is 5.48. The fourth-order valence-corrected chi connectivity index (χ4v) is 2.39. The minimum Gasteiger partial charge on any atom is -0.340 e. The lowest BCUT2D eigenvalue weighted by atomic mass is 9.93. The average Bonchev–Trinajstić information content (AvgIpc) is 2.75. The number of hydrogen-bond acceptors (Lipinski definition) is 2. The van der Waals surface area contributed by atoms with Gasteiger partial charge in [-0.15, -0.1) is 0 Å². The molecule has 0 saturated heterocycles. The van der Waals surface area contributed by atoms with E-state index in [9.17, 15) is 4.79 Å². The second-order valence-corrected chi connectivity index (χ2v) is 5.07. The van der Waals surface area contributed by atoms with E-state index in [1.54, 1.807) is 18.2 Å². The smallest absolute Gasteiger partial charge is 0.273 e. The zero-order valence-electron chi connectivity index (χ0n) is 10.3. The maximum atomic E-state index is 12.2. The van der Waals surface area contributed by atoms with E-state index in [-0.39, 0.29) is 5.91 Å². The maximum absolute atomic E-state index is 12.2. The van der Waals surface area contributed by atoms with Crippen LogP contribution in [-0.4, -0.2) is 15.5 Å². The van der Waals surface area contributed by atoms with Crippen LogP contribution in [-0.2, 0) is 0 Å². The Bertz CT molecular complexity index is 604. The summed E-state index contributed by atoms with van der Waals surface area (Å²) >= 11 is 5.80. The summed E-state index contributed by atoms with van der Waals surface area (Å²) < 4.78 is 2.05. The van der Waals surface area contributed by atoms with Crippen LogP contribution >= 0.6 is 11.6 Å². The second-order valence-electron chi connectivity index (χ2n) is 4.69. The Morgan fingerprint density at radius 3 is 2.84 bits per heavy atom. The summed E-state index contributed by atoms with van der Waals surface area (Å²) in [5, 5.41) is 3.14. The fourth-order valence-electron chi connectivity index (χ4n) is 2.23. The van der Waals surface area contributed by atoms with Gasteiger partial charge in [-0.2, -0.15) is 0 Å². The molecule has 2 heterocycles. The van der Waals surface area contributed by atoms with Crippen molar-refractivity contribution >= 4 is 23.3 Å². The molecule has 0 spiro atoms. The van der Waals surface area contributed by atoms with Crippen molar-refractivity contribution in [3.05, 3.63) is 47.4 Å². The van der Waals surface area contributed by atoms with Crippen LogP contribution in [0.1, 0.15) is 35.8 Å². The summed E-state index contributed by atoms with van der Waals surface area (Å²) in [6.45, 7) is 0. The highest BCUT2D eigenvalue weighted by Gasteiger charge is 2.23. The first kappa shape index (κ1) is 12.2. The Labute approximate surface area is 116 Å². The summed E-state index contributed by atoms with van der Waals surface area (Å²) in [5.74, 6) is 0.325. The zero-order chi connectivity index (χ0) is 13.2. The van der Waals surface area contributed by atoms with Gasteiger partial charge < -0.3 is 9.88 Å². The number of nitrogens with zero attached hydrogens (tertiary/aromatic N) is 2. The monoisotopic (exact) mass is 275 g/mol. The quantitative estimate of drug-likeness (QED) is 0.871. The van der Waals surface area contributed by atoms with E-state index in [2.05, 4.69) is 10.3 Å². The third-order valence-electron chi connectivity index (χ3n) is 3.44. The van der Waals surface area contributed by atoms with Crippen molar-refractivity contribution in [1.82, 2.24) is 9.55 Å². The molecule has 1 amide bonds. The van der Waals surface area contributed by atoms with Gasteiger partial charge in [0.25, 0.3) is 5.91 Å². The Morgan fingerprint density at radius 1 is 1.32 bits per heavy atom. The van der Waals surface area contributed by atoms with Gasteiger partial charge in [-0.3, -0.25) is 4.79 Å². The molecule has 0 aliphatic heterocycles. The Kier molecular flexibility index (Phi) is 3.25. The number of aromatic nitrogens is 2. The number of hydrogen-bond donors (Lipinski definition) is 1. The summed E-state index contributed by atoms with van der Waals surface area (Å²) in [6, 6.07) is 9.35. The van der Waals surface area contributed by atoms with E-state index in [0.717, 1.165) is 12.8 Å². The normalized spacial score (nSPS) is 15.0. The first-order valence-electron chi connectivity index (χ1n) is 6.35. The van der Waals surface area contributed by atoms with Gasteiger partial charge in [-0.05, 0) is 43.5 Å². The second kappa shape index (κ2) is 5.05. The summed E-state index contributed by atoms with van der Waals surface area (Å²) in [5.41, 5.74) is 0.673. The van der Waals surface area contributed by atoms with Gasteiger partial charge in [0.15, 0.2) is 0 Å². The minimum absolute atomic E-state index is 0.147. The first-order chi connectivity index (χ1) is 9.24. The maximum Gasteiger partial charge on any atom is 0.273 e. The van der Waals surface area contributed by atoms with Crippen molar-refractivity contribution in [1.29, 1.82) is 0 Å². The van der Waals surface area contributed by atoms with Gasteiger partial charge in [0, 0.05) is 12.2 Å². The molecule has 19 heavy (non-hydrogen) atoms. The van der Waals surface area contributed by atoms with Gasteiger partial charge in [-0.25, -0.2) is 4.98 Å². The molecular weight excluding hydrogens is 262 g/mol. The number of halogens is 1. The van der Waals surface area contributed by atoms with E-state index in [1.165, 1.54) is 6.42 Å². The van der Waals surface area contributed by atoms with Crippen LogP contribution in [0.2, 0.25) is 5.15 Å². The van der Waals surface area contributed by atoms with Crippen LogP contribution in [0.5, 0.6) is 0 Å². The van der Waals surface area contributed by atoms with Gasteiger partial charge in [0.1, 0.15) is 16.7 Å². The highest BCUT2D eigenvalue weighted by atomic mass is 35.5. The van der Waals surface area contributed by atoms with Crippen molar-refractivity contribution in [2.45, 2.75) is 25.3 Å². The van der Waals surface area contributed by atoms with Gasteiger partial charge in [-0.1, -0.05) is 17.7 Å². The van der Waals surface area contributed by atoms with Gasteiger partial charge in [0.2, 0.25) is 0 Å². The molecule has 0 atom stereocenters. The number of nitrogens with one attached hydrogen (secondary N) is 1. The molecule has 4 nitrogen and oxygen atoms in total. The number of amides is 1. The van der Waals surface area contributed by atoms with Crippen LogP contribution in [0.3, 0.4) is 0 Å². The Hall–Kier alpha value is -1.81. The number of anilines is 1. The molecule has 1 saturated carbocycles. The van der Waals surface area contributed by atoms with Crippen LogP contribution in [0, 0.1) is 0 Å². The fraction of sp³-hybridized carbons (Fsp3) is 0.286. The van der Waals surface area contributed by atoms with Crippen LogP contribution in [0.15, 0.2) is 36.5 Å². The molecular formula is C14H14ClN3O. The SMILES string of the molecule is O=C(Nc1cccc(Cl)n1)c1cccn1C1CCC1. The molecule has 1 aliphatic carbocycles. The lowest BCUT2D eigenvalue weighted by Gasteiger charge is -2.28. The van der Waals surface area contributed by atoms with Crippen LogP contribution in [0.25, 0.3) is 0 Å². The van der Waals surface area contributed by atoms with Crippen LogP contribution in [0.4, 0.5) is 5.82 Å². The molecule has 1 aliphatic rings. The Morgan fingerprint density at radius 2 is 2.16 bits per heavy atom. The highest BCUT2D eigenvalue weighted by molar-refractivity contribution is 6.29. The minimum atomic E-state index is -0.147. The largest absolute Gasteiger partial charge is 0.340 e. The number of carbonyl (C=O) groups is 1. The van der Waals surface area contributed by atoms with E-state index in [0.29, 0.717) is 22.7 Å². The zero-order valence-corrected chi connectivity index (χ0v) is 11.1. The molecule has 0 aromatic carbocycles. The molecule has 1 fully saturated rings. The summed E-state index contributed by atoms with van der Waals surface area (Å²) in [4.78, 5) is 16.3. The predicted molar refractivity (Wildman–Crippen MR) is 74.5 cm³/mol. The highest BCUT2D eigenvalue weighted by Crippen LogP contribution is 2.32. The number of rotatable bonds is 3. The third kappa shape index (κ3) is 2.49. The molecule has 1 N–H and O–H groups in total.